The Hall–Kier alpha value is -2.17. The van der Waals surface area contributed by atoms with Crippen molar-refractivity contribution < 1.29 is 0 Å². The van der Waals surface area contributed by atoms with E-state index in [1.54, 1.807) is 5.30 Å². The molecule has 4 aromatic carbocycles. The van der Waals surface area contributed by atoms with Gasteiger partial charge in [-0.05, 0) is 95.5 Å². The van der Waals surface area contributed by atoms with Gasteiger partial charge in [-0.1, -0.05) is 72.8 Å². The van der Waals surface area contributed by atoms with Crippen LogP contribution in [-0.4, -0.2) is 15.5 Å². The van der Waals surface area contributed by atoms with Crippen LogP contribution in [0.1, 0.15) is 62.3 Å². The van der Waals surface area contributed by atoms with E-state index >= 15 is 0 Å². The molecule has 0 aliphatic heterocycles. The Morgan fingerprint density at radius 3 is 1.45 bits per heavy atom. The van der Waals surface area contributed by atoms with Crippen molar-refractivity contribution >= 4 is 34.1 Å². The fourth-order valence-electron chi connectivity index (χ4n) is 7.37. The fraction of sp³-hybridized carbons (Fsp3) is 0.375. The third-order valence-electron chi connectivity index (χ3n) is 7.35. The third-order valence-corrected chi connectivity index (χ3v) is 14.5. The molecule has 172 valence electrons. The van der Waals surface area contributed by atoms with E-state index in [-0.39, 0.29) is 15.5 Å². The molecule has 0 nitrogen and oxygen atoms in total. The number of rotatable bonds is 2. The molecule has 0 bridgehead atoms. The highest BCUT2D eigenvalue weighted by Gasteiger charge is 2.66. The zero-order chi connectivity index (χ0) is 24.2. The molecule has 4 aromatic rings. The van der Waals surface area contributed by atoms with Crippen molar-refractivity contribution in [3.8, 4) is 11.1 Å². The molecule has 0 saturated heterocycles. The zero-order valence-corrected chi connectivity index (χ0v) is 22.8. The topological polar surface area (TPSA) is 0 Å². The molecule has 0 unspecified atom stereocenters. The SMILES string of the molecule is CC(C)(C)[P+](c1ccc2ccccc2c1-c1cccc2ccccc12)(C(C)(C)C)C(C)(C)C. The number of hydrogen-bond donors (Lipinski definition) is 0. The van der Waals surface area contributed by atoms with Crippen molar-refractivity contribution in [1.82, 2.24) is 0 Å². The van der Waals surface area contributed by atoms with E-state index in [4.69, 9.17) is 0 Å². The highest BCUT2D eigenvalue weighted by molar-refractivity contribution is 7.87. The molecule has 0 aliphatic rings. The Balaban J connectivity index is 2.29. The van der Waals surface area contributed by atoms with Crippen molar-refractivity contribution in [3.05, 3.63) is 78.9 Å². The second-order valence-corrected chi connectivity index (χ2v) is 18.2. The van der Waals surface area contributed by atoms with Gasteiger partial charge in [0.15, 0.2) is 0 Å². The molecule has 0 atom stereocenters. The van der Waals surface area contributed by atoms with E-state index in [1.165, 1.54) is 32.7 Å². The maximum atomic E-state index is 2.50. The molecule has 0 aromatic heterocycles. The maximum Gasteiger partial charge on any atom is 0.104 e. The molecule has 0 saturated carbocycles. The molecule has 0 N–H and O–H groups in total. The van der Waals surface area contributed by atoms with E-state index in [9.17, 15) is 0 Å². The molecule has 4 rings (SSSR count). The van der Waals surface area contributed by atoms with Gasteiger partial charge < -0.3 is 0 Å². The minimum absolute atomic E-state index is 0.144. The monoisotopic (exact) mass is 455 g/mol. The molecular weight excluding hydrogens is 415 g/mol. The van der Waals surface area contributed by atoms with Crippen molar-refractivity contribution in [2.75, 3.05) is 0 Å². The number of benzene rings is 4. The van der Waals surface area contributed by atoms with Gasteiger partial charge in [0.1, 0.15) is 5.30 Å². The summed E-state index contributed by atoms with van der Waals surface area (Å²) in [4.78, 5) is 0. The quantitative estimate of drug-likeness (QED) is 0.264. The molecule has 0 spiro atoms. The van der Waals surface area contributed by atoms with Crippen LogP contribution < -0.4 is 5.30 Å². The Labute approximate surface area is 201 Å². The molecule has 0 heterocycles. The molecule has 33 heavy (non-hydrogen) atoms. The van der Waals surface area contributed by atoms with Gasteiger partial charge in [0.05, 0.1) is 22.7 Å². The van der Waals surface area contributed by atoms with Crippen LogP contribution >= 0.6 is 7.26 Å². The maximum absolute atomic E-state index is 2.50. The summed E-state index contributed by atoms with van der Waals surface area (Å²) >= 11 is 0. The molecule has 0 aliphatic carbocycles. The summed E-state index contributed by atoms with van der Waals surface area (Å²) in [6, 6.07) is 29.5. The summed E-state index contributed by atoms with van der Waals surface area (Å²) in [7, 11) is -1.79. The lowest BCUT2D eigenvalue weighted by molar-refractivity contribution is 0.629. The van der Waals surface area contributed by atoms with Crippen LogP contribution in [0.2, 0.25) is 0 Å². The first kappa shape index (κ1) is 24.0. The van der Waals surface area contributed by atoms with E-state index in [2.05, 4.69) is 141 Å². The van der Waals surface area contributed by atoms with Crippen molar-refractivity contribution in [2.24, 2.45) is 0 Å². The molecule has 0 fully saturated rings. The van der Waals surface area contributed by atoms with Gasteiger partial charge in [-0.25, -0.2) is 0 Å². The summed E-state index contributed by atoms with van der Waals surface area (Å²) in [6.07, 6.45) is 0. The lowest BCUT2D eigenvalue weighted by atomic mass is 9.94. The van der Waals surface area contributed by atoms with Crippen LogP contribution in [0.25, 0.3) is 32.7 Å². The summed E-state index contributed by atoms with van der Waals surface area (Å²) in [5.41, 5.74) is 2.81. The van der Waals surface area contributed by atoms with Gasteiger partial charge in [0, 0.05) is 5.56 Å². The second-order valence-electron chi connectivity index (χ2n) is 12.4. The van der Waals surface area contributed by atoms with Crippen LogP contribution in [0.3, 0.4) is 0 Å². The standard InChI is InChI=1S/C32H40P/c1-30(2,3)33(31(4,5)6,32(7,8)9)28-22-21-24-16-11-13-19-26(24)29(28)27-20-14-17-23-15-10-12-18-25(23)27/h10-22H,1-9H3/q+1. The Bertz CT molecular complexity index is 1270. The largest absolute Gasteiger partial charge is 0.104 e. The number of fused-ring (bicyclic) bond motifs is 2. The lowest BCUT2D eigenvalue weighted by Gasteiger charge is -2.54. The Kier molecular flexibility index (Phi) is 5.78. The van der Waals surface area contributed by atoms with E-state index in [0.717, 1.165) is 0 Å². The van der Waals surface area contributed by atoms with Crippen LogP contribution in [0.15, 0.2) is 78.9 Å². The minimum Gasteiger partial charge on any atom is -0.0616 e. The summed E-state index contributed by atoms with van der Waals surface area (Å²) in [5.74, 6) is 0. The summed E-state index contributed by atoms with van der Waals surface area (Å²) < 4.78 is 0. The van der Waals surface area contributed by atoms with E-state index in [0.29, 0.717) is 0 Å². The normalized spacial score (nSPS) is 13.6. The average molecular weight is 456 g/mol. The van der Waals surface area contributed by atoms with Crippen molar-refractivity contribution in [3.63, 3.8) is 0 Å². The first-order valence-electron chi connectivity index (χ1n) is 12.2. The average Bonchev–Trinajstić information content (AvgIpc) is 2.70. The molecule has 0 amide bonds. The number of hydrogen-bond acceptors (Lipinski definition) is 0. The van der Waals surface area contributed by atoms with E-state index in [1.807, 2.05) is 0 Å². The van der Waals surface area contributed by atoms with Gasteiger partial charge >= 0.3 is 0 Å². The summed E-state index contributed by atoms with van der Waals surface area (Å²) in [5, 5.41) is 7.34. The van der Waals surface area contributed by atoms with Gasteiger partial charge in [0.2, 0.25) is 0 Å². The van der Waals surface area contributed by atoms with Crippen LogP contribution in [0.4, 0.5) is 0 Å². The van der Waals surface area contributed by atoms with Crippen LogP contribution in [0.5, 0.6) is 0 Å². The predicted octanol–water partition coefficient (Wildman–Crippen LogP) is 9.70. The molecule has 1 heteroatoms. The smallest absolute Gasteiger partial charge is 0.0616 e. The summed E-state index contributed by atoms with van der Waals surface area (Å²) in [6.45, 7) is 22.4. The highest BCUT2D eigenvalue weighted by Crippen LogP contribution is 2.83. The Morgan fingerprint density at radius 2 is 0.909 bits per heavy atom. The van der Waals surface area contributed by atoms with Crippen molar-refractivity contribution in [1.29, 1.82) is 0 Å². The highest BCUT2D eigenvalue weighted by atomic mass is 31.2. The predicted molar refractivity (Wildman–Crippen MR) is 153 cm³/mol. The van der Waals surface area contributed by atoms with E-state index < -0.39 is 7.26 Å². The van der Waals surface area contributed by atoms with Gasteiger partial charge in [-0.2, -0.15) is 0 Å². The lowest BCUT2D eigenvalue weighted by Crippen LogP contribution is -2.49. The van der Waals surface area contributed by atoms with Crippen molar-refractivity contribution in [2.45, 2.75) is 77.8 Å². The first-order valence-corrected chi connectivity index (χ1v) is 14.0. The Morgan fingerprint density at radius 1 is 0.455 bits per heavy atom. The van der Waals surface area contributed by atoms with Gasteiger partial charge in [-0.15, -0.1) is 0 Å². The fourth-order valence-corrected chi connectivity index (χ4v) is 16.4. The van der Waals surface area contributed by atoms with Gasteiger partial charge in [0.25, 0.3) is 0 Å². The third kappa shape index (κ3) is 3.63. The zero-order valence-electron chi connectivity index (χ0n) is 22.0. The minimum atomic E-state index is -1.79. The van der Waals surface area contributed by atoms with Crippen LogP contribution in [-0.2, 0) is 0 Å². The molecule has 0 radical (unpaired) electrons. The molecular formula is C32H40P+. The first-order chi connectivity index (χ1) is 15.3. The van der Waals surface area contributed by atoms with Crippen LogP contribution in [0, 0.1) is 0 Å². The van der Waals surface area contributed by atoms with Gasteiger partial charge in [-0.3, -0.25) is 0 Å². The second kappa shape index (κ2) is 7.95.